The number of fused-ring (bicyclic) bond motifs is 1. The van der Waals surface area contributed by atoms with Crippen molar-refractivity contribution in [2.75, 3.05) is 10.6 Å². The van der Waals surface area contributed by atoms with Crippen molar-refractivity contribution in [3.63, 3.8) is 0 Å². The van der Waals surface area contributed by atoms with Gasteiger partial charge in [-0.25, -0.2) is 4.39 Å². The topological polar surface area (TPSA) is 74.0 Å². The number of nitrogens with one attached hydrogen (secondary N) is 3. The molecule has 6 heteroatoms. The summed E-state index contributed by atoms with van der Waals surface area (Å²) in [6.07, 6.45) is 2.66. The summed E-state index contributed by atoms with van der Waals surface area (Å²) in [5, 5.41) is 6.20. The lowest BCUT2D eigenvalue weighted by molar-refractivity contribution is -0.116. The first-order valence-corrected chi connectivity index (χ1v) is 7.95. The fourth-order valence-electron chi connectivity index (χ4n) is 2.70. The van der Waals surface area contributed by atoms with E-state index in [2.05, 4.69) is 15.6 Å². The molecular formula is C19H18FN3O2. The summed E-state index contributed by atoms with van der Waals surface area (Å²) in [5.74, 6) is -1.10. The van der Waals surface area contributed by atoms with Crippen molar-refractivity contribution in [2.24, 2.45) is 0 Å². The second-order valence-electron chi connectivity index (χ2n) is 5.78. The average Bonchev–Trinajstić information content (AvgIpc) is 2.99. The van der Waals surface area contributed by atoms with Crippen LogP contribution in [0.5, 0.6) is 0 Å². The molecule has 3 rings (SSSR count). The first kappa shape index (κ1) is 16.7. The van der Waals surface area contributed by atoms with E-state index in [0.717, 1.165) is 16.5 Å². The zero-order valence-electron chi connectivity index (χ0n) is 13.7. The van der Waals surface area contributed by atoms with Crippen LogP contribution < -0.4 is 10.6 Å². The molecule has 0 aliphatic rings. The van der Waals surface area contributed by atoms with Crippen molar-refractivity contribution in [3.8, 4) is 0 Å². The number of carbonyl (C=O) groups is 2. The van der Waals surface area contributed by atoms with Crippen LogP contribution in [0.2, 0.25) is 0 Å². The Morgan fingerprint density at radius 3 is 2.72 bits per heavy atom. The van der Waals surface area contributed by atoms with E-state index in [1.54, 1.807) is 0 Å². The molecular weight excluding hydrogens is 321 g/mol. The average molecular weight is 339 g/mol. The van der Waals surface area contributed by atoms with Gasteiger partial charge in [0.15, 0.2) is 0 Å². The number of rotatable bonds is 5. The molecule has 0 unspecified atom stereocenters. The zero-order valence-corrected chi connectivity index (χ0v) is 13.7. The third-order valence-electron chi connectivity index (χ3n) is 3.86. The summed E-state index contributed by atoms with van der Waals surface area (Å²) >= 11 is 0. The summed E-state index contributed by atoms with van der Waals surface area (Å²) in [4.78, 5) is 26.4. The van der Waals surface area contributed by atoms with Gasteiger partial charge < -0.3 is 15.6 Å². The molecule has 0 saturated heterocycles. The highest BCUT2D eigenvalue weighted by Gasteiger charge is 2.10. The van der Waals surface area contributed by atoms with E-state index in [1.807, 2.05) is 30.5 Å². The molecule has 0 radical (unpaired) electrons. The molecule has 0 aliphatic carbocycles. The molecule has 0 fully saturated rings. The van der Waals surface area contributed by atoms with Crippen LogP contribution in [0.4, 0.5) is 15.8 Å². The molecule has 0 spiro atoms. The van der Waals surface area contributed by atoms with Crippen molar-refractivity contribution >= 4 is 34.1 Å². The SMILES string of the molecule is CC(=O)Nc1ccc(F)c(NC(=O)CCc2c[nH]c3ccccc23)c1. The van der Waals surface area contributed by atoms with Gasteiger partial charge in [0.25, 0.3) is 0 Å². The minimum absolute atomic E-state index is 0.0511. The highest BCUT2D eigenvalue weighted by atomic mass is 19.1. The predicted octanol–water partition coefficient (Wildman–Crippen LogP) is 3.84. The number of para-hydroxylation sites is 1. The van der Waals surface area contributed by atoms with Crippen molar-refractivity contribution in [1.82, 2.24) is 4.98 Å². The van der Waals surface area contributed by atoms with Crippen LogP contribution in [0, 0.1) is 5.82 Å². The normalized spacial score (nSPS) is 10.6. The molecule has 2 amide bonds. The molecule has 3 aromatic rings. The zero-order chi connectivity index (χ0) is 17.8. The van der Waals surface area contributed by atoms with E-state index in [4.69, 9.17) is 0 Å². The second kappa shape index (κ2) is 7.17. The lowest BCUT2D eigenvalue weighted by Crippen LogP contribution is -2.14. The Kier molecular flexibility index (Phi) is 4.79. The summed E-state index contributed by atoms with van der Waals surface area (Å²) < 4.78 is 13.9. The number of carbonyl (C=O) groups excluding carboxylic acids is 2. The Balaban J connectivity index is 1.65. The quantitative estimate of drug-likeness (QED) is 0.661. The fraction of sp³-hybridized carbons (Fsp3) is 0.158. The predicted molar refractivity (Wildman–Crippen MR) is 96.0 cm³/mol. The molecule has 0 atom stereocenters. The van der Waals surface area contributed by atoms with Crippen LogP contribution in [-0.2, 0) is 16.0 Å². The Morgan fingerprint density at radius 1 is 1.12 bits per heavy atom. The number of H-pyrrole nitrogens is 1. The molecule has 128 valence electrons. The van der Waals surface area contributed by atoms with Gasteiger partial charge in [0.2, 0.25) is 11.8 Å². The lowest BCUT2D eigenvalue weighted by atomic mass is 10.1. The van der Waals surface area contributed by atoms with Gasteiger partial charge in [0, 0.05) is 36.1 Å². The van der Waals surface area contributed by atoms with E-state index in [-0.39, 0.29) is 23.9 Å². The smallest absolute Gasteiger partial charge is 0.224 e. The van der Waals surface area contributed by atoms with Gasteiger partial charge in [-0.2, -0.15) is 0 Å². The largest absolute Gasteiger partial charge is 0.361 e. The summed E-state index contributed by atoms with van der Waals surface area (Å²) in [6, 6.07) is 11.9. The third-order valence-corrected chi connectivity index (χ3v) is 3.86. The molecule has 3 N–H and O–H groups in total. The van der Waals surface area contributed by atoms with Gasteiger partial charge in [-0.1, -0.05) is 18.2 Å². The number of amides is 2. The minimum atomic E-state index is -0.547. The Morgan fingerprint density at radius 2 is 1.92 bits per heavy atom. The number of aryl methyl sites for hydroxylation is 1. The Hall–Kier alpha value is -3.15. The minimum Gasteiger partial charge on any atom is -0.361 e. The number of aromatic nitrogens is 1. The van der Waals surface area contributed by atoms with Crippen LogP contribution in [-0.4, -0.2) is 16.8 Å². The van der Waals surface area contributed by atoms with Crippen molar-refractivity contribution in [2.45, 2.75) is 19.8 Å². The summed E-state index contributed by atoms with van der Waals surface area (Å²) in [7, 11) is 0. The maximum Gasteiger partial charge on any atom is 0.224 e. The molecule has 1 aromatic heterocycles. The van der Waals surface area contributed by atoms with Crippen molar-refractivity contribution in [3.05, 3.63) is 60.0 Å². The molecule has 1 heterocycles. The standard InChI is InChI=1S/C19H18FN3O2/c1-12(24)22-14-7-8-16(20)18(10-14)23-19(25)9-6-13-11-21-17-5-3-2-4-15(13)17/h2-5,7-8,10-11,21H,6,9H2,1H3,(H,22,24)(H,23,25). The lowest BCUT2D eigenvalue weighted by Gasteiger charge is -2.09. The van der Waals surface area contributed by atoms with Gasteiger partial charge in [0.1, 0.15) is 5.82 Å². The first-order chi connectivity index (χ1) is 12.0. The number of aromatic amines is 1. The fourth-order valence-corrected chi connectivity index (χ4v) is 2.70. The van der Waals surface area contributed by atoms with Gasteiger partial charge in [0.05, 0.1) is 5.69 Å². The highest BCUT2D eigenvalue weighted by Crippen LogP contribution is 2.21. The first-order valence-electron chi connectivity index (χ1n) is 7.95. The van der Waals surface area contributed by atoms with Crippen molar-refractivity contribution in [1.29, 1.82) is 0 Å². The van der Waals surface area contributed by atoms with Crippen LogP contribution in [0.25, 0.3) is 10.9 Å². The summed E-state index contributed by atoms with van der Waals surface area (Å²) in [6.45, 7) is 1.36. The van der Waals surface area contributed by atoms with E-state index < -0.39 is 5.82 Å². The number of halogens is 1. The second-order valence-corrected chi connectivity index (χ2v) is 5.78. The Labute approximate surface area is 144 Å². The maximum absolute atomic E-state index is 13.9. The van der Waals surface area contributed by atoms with Crippen molar-refractivity contribution < 1.29 is 14.0 Å². The highest BCUT2D eigenvalue weighted by molar-refractivity contribution is 5.94. The molecule has 0 aliphatic heterocycles. The van der Waals surface area contributed by atoms with Gasteiger partial charge >= 0.3 is 0 Å². The van der Waals surface area contributed by atoms with Gasteiger partial charge in [-0.05, 0) is 36.2 Å². The monoisotopic (exact) mass is 339 g/mol. The van der Waals surface area contributed by atoms with E-state index >= 15 is 0 Å². The van der Waals surface area contributed by atoms with Crippen LogP contribution in [0.1, 0.15) is 18.9 Å². The number of hydrogen-bond acceptors (Lipinski definition) is 2. The Bertz CT molecular complexity index is 933. The third kappa shape index (κ3) is 4.03. The van der Waals surface area contributed by atoms with E-state index in [1.165, 1.54) is 25.1 Å². The number of benzene rings is 2. The van der Waals surface area contributed by atoms with Crippen LogP contribution in [0.15, 0.2) is 48.7 Å². The van der Waals surface area contributed by atoms with Gasteiger partial charge in [-0.15, -0.1) is 0 Å². The van der Waals surface area contributed by atoms with Crippen LogP contribution >= 0.6 is 0 Å². The maximum atomic E-state index is 13.9. The molecule has 0 bridgehead atoms. The molecule has 0 saturated carbocycles. The van der Waals surface area contributed by atoms with Gasteiger partial charge in [-0.3, -0.25) is 9.59 Å². The van der Waals surface area contributed by atoms with E-state index in [9.17, 15) is 14.0 Å². The number of anilines is 2. The molecule has 5 nitrogen and oxygen atoms in total. The van der Waals surface area contributed by atoms with E-state index in [0.29, 0.717) is 12.1 Å². The molecule has 2 aromatic carbocycles. The number of hydrogen-bond donors (Lipinski definition) is 3. The summed E-state index contributed by atoms with van der Waals surface area (Å²) in [5.41, 5.74) is 2.54. The van der Waals surface area contributed by atoms with Crippen LogP contribution in [0.3, 0.4) is 0 Å². The molecule has 25 heavy (non-hydrogen) atoms.